The Labute approximate surface area is 95.6 Å². The average Bonchev–Trinajstić information content (AvgIpc) is 3.04. The normalized spacial score (nSPS) is 18.9. The SMILES string of the molecule is CC(C)(Oc1ccc(CC#N)cc1)C1CO1. The monoisotopic (exact) mass is 217 g/mol. The highest BCUT2D eigenvalue weighted by molar-refractivity contribution is 5.29. The molecule has 1 atom stereocenters. The van der Waals surface area contributed by atoms with Crippen molar-refractivity contribution >= 4 is 0 Å². The smallest absolute Gasteiger partial charge is 0.132 e. The van der Waals surface area contributed by atoms with E-state index < -0.39 is 0 Å². The predicted octanol–water partition coefficient (Wildman–Crippen LogP) is 2.31. The van der Waals surface area contributed by atoms with Crippen LogP contribution in [-0.4, -0.2) is 18.3 Å². The van der Waals surface area contributed by atoms with Gasteiger partial charge in [0, 0.05) is 0 Å². The number of nitriles is 1. The van der Waals surface area contributed by atoms with Crippen LogP contribution in [0.3, 0.4) is 0 Å². The molecule has 1 aliphatic rings. The maximum atomic E-state index is 8.56. The molecule has 0 N–H and O–H groups in total. The molecule has 1 aliphatic heterocycles. The van der Waals surface area contributed by atoms with Crippen LogP contribution in [0.4, 0.5) is 0 Å². The van der Waals surface area contributed by atoms with Gasteiger partial charge in [-0.1, -0.05) is 12.1 Å². The summed E-state index contributed by atoms with van der Waals surface area (Å²) in [5.74, 6) is 0.821. The molecule has 0 spiro atoms. The lowest BCUT2D eigenvalue weighted by atomic mass is 10.1. The van der Waals surface area contributed by atoms with Crippen molar-refractivity contribution in [1.82, 2.24) is 0 Å². The van der Waals surface area contributed by atoms with Crippen LogP contribution in [-0.2, 0) is 11.2 Å². The van der Waals surface area contributed by atoms with Crippen LogP contribution < -0.4 is 4.74 Å². The molecular formula is C13H15NO2. The second-order valence-electron chi connectivity index (χ2n) is 4.51. The van der Waals surface area contributed by atoms with Gasteiger partial charge in [-0.3, -0.25) is 0 Å². The molecule has 0 aliphatic carbocycles. The van der Waals surface area contributed by atoms with Gasteiger partial charge in [0.05, 0.1) is 19.1 Å². The molecule has 0 amide bonds. The second-order valence-corrected chi connectivity index (χ2v) is 4.51. The van der Waals surface area contributed by atoms with Crippen molar-refractivity contribution in [2.45, 2.75) is 32.0 Å². The van der Waals surface area contributed by atoms with E-state index in [1.165, 1.54) is 0 Å². The van der Waals surface area contributed by atoms with E-state index in [1.54, 1.807) is 0 Å². The summed E-state index contributed by atoms with van der Waals surface area (Å²) in [4.78, 5) is 0. The Kier molecular flexibility index (Phi) is 2.84. The summed E-state index contributed by atoms with van der Waals surface area (Å²) in [6.07, 6.45) is 0.640. The Morgan fingerprint density at radius 1 is 1.44 bits per heavy atom. The van der Waals surface area contributed by atoms with Crippen molar-refractivity contribution in [3.8, 4) is 11.8 Å². The van der Waals surface area contributed by atoms with Crippen molar-refractivity contribution in [2.24, 2.45) is 0 Å². The highest BCUT2D eigenvalue weighted by atomic mass is 16.6. The zero-order chi connectivity index (χ0) is 11.6. The maximum Gasteiger partial charge on any atom is 0.132 e. The van der Waals surface area contributed by atoms with Crippen LogP contribution in [0.25, 0.3) is 0 Å². The van der Waals surface area contributed by atoms with Crippen LogP contribution in [0.15, 0.2) is 24.3 Å². The minimum atomic E-state index is -0.281. The molecule has 0 radical (unpaired) electrons. The zero-order valence-corrected chi connectivity index (χ0v) is 9.56. The molecule has 3 nitrogen and oxygen atoms in total. The molecule has 0 aromatic heterocycles. The van der Waals surface area contributed by atoms with E-state index in [0.29, 0.717) is 6.42 Å². The lowest BCUT2D eigenvalue weighted by Gasteiger charge is -2.24. The summed E-state index contributed by atoms with van der Waals surface area (Å²) in [6, 6.07) is 9.76. The fraction of sp³-hybridized carbons (Fsp3) is 0.462. The first-order valence-electron chi connectivity index (χ1n) is 5.38. The lowest BCUT2D eigenvalue weighted by Crippen LogP contribution is -2.34. The molecule has 1 saturated heterocycles. The average molecular weight is 217 g/mol. The molecular weight excluding hydrogens is 202 g/mol. The van der Waals surface area contributed by atoms with Crippen molar-refractivity contribution < 1.29 is 9.47 Å². The molecule has 84 valence electrons. The number of epoxide rings is 1. The second kappa shape index (κ2) is 4.15. The molecule has 1 fully saturated rings. The van der Waals surface area contributed by atoms with E-state index in [-0.39, 0.29) is 11.7 Å². The van der Waals surface area contributed by atoms with Crippen LogP contribution in [0, 0.1) is 11.3 Å². The summed E-state index contributed by atoms with van der Waals surface area (Å²) in [5.41, 5.74) is 0.729. The first kappa shape index (κ1) is 11.0. The van der Waals surface area contributed by atoms with Gasteiger partial charge in [-0.15, -0.1) is 0 Å². The first-order valence-corrected chi connectivity index (χ1v) is 5.38. The number of nitrogens with zero attached hydrogens (tertiary/aromatic N) is 1. The molecule has 0 saturated carbocycles. The molecule has 16 heavy (non-hydrogen) atoms. The number of benzene rings is 1. The summed E-state index contributed by atoms with van der Waals surface area (Å²) in [6.45, 7) is 4.82. The topological polar surface area (TPSA) is 45.5 Å². The van der Waals surface area contributed by atoms with Crippen molar-refractivity contribution in [1.29, 1.82) is 5.26 Å². The summed E-state index contributed by atoms with van der Waals surface area (Å²) >= 11 is 0. The Morgan fingerprint density at radius 3 is 2.56 bits per heavy atom. The largest absolute Gasteiger partial charge is 0.485 e. The number of ether oxygens (including phenoxy) is 2. The van der Waals surface area contributed by atoms with Gasteiger partial charge >= 0.3 is 0 Å². The Balaban J connectivity index is 2.02. The van der Waals surface area contributed by atoms with Crippen molar-refractivity contribution in [2.75, 3.05) is 6.61 Å². The highest BCUT2D eigenvalue weighted by Crippen LogP contribution is 2.29. The van der Waals surface area contributed by atoms with Crippen LogP contribution in [0.2, 0.25) is 0 Å². The van der Waals surface area contributed by atoms with Crippen molar-refractivity contribution in [3.05, 3.63) is 29.8 Å². The van der Waals surface area contributed by atoms with Gasteiger partial charge in [-0.25, -0.2) is 0 Å². The third-order valence-corrected chi connectivity index (χ3v) is 2.70. The number of rotatable bonds is 4. The zero-order valence-electron chi connectivity index (χ0n) is 9.56. The predicted molar refractivity (Wildman–Crippen MR) is 60.2 cm³/mol. The van der Waals surface area contributed by atoms with E-state index in [2.05, 4.69) is 6.07 Å². The molecule has 1 aromatic carbocycles. The van der Waals surface area contributed by atoms with Gasteiger partial charge in [-0.05, 0) is 31.5 Å². The van der Waals surface area contributed by atoms with E-state index in [9.17, 15) is 0 Å². The lowest BCUT2D eigenvalue weighted by molar-refractivity contribution is 0.0744. The van der Waals surface area contributed by atoms with Gasteiger partial charge in [-0.2, -0.15) is 5.26 Å². The van der Waals surface area contributed by atoms with Gasteiger partial charge in [0.1, 0.15) is 17.5 Å². The molecule has 3 heteroatoms. The van der Waals surface area contributed by atoms with Gasteiger partial charge in [0.15, 0.2) is 0 Å². The molecule has 1 aromatic rings. The van der Waals surface area contributed by atoms with E-state index in [1.807, 2.05) is 38.1 Å². The minimum absolute atomic E-state index is 0.200. The van der Waals surface area contributed by atoms with Crippen LogP contribution >= 0.6 is 0 Å². The van der Waals surface area contributed by atoms with Crippen LogP contribution in [0.5, 0.6) is 5.75 Å². The summed E-state index contributed by atoms with van der Waals surface area (Å²) in [5, 5.41) is 8.56. The standard InChI is InChI=1S/C13H15NO2/c1-13(2,12-9-15-12)16-11-5-3-10(4-6-11)7-8-14/h3-6,12H,7,9H2,1-2H3. The Morgan fingerprint density at radius 2 is 2.06 bits per heavy atom. The number of hydrogen-bond acceptors (Lipinski definition) is 3. The quantitative estimate of drug-likeness (QED) is 0.727. The first-order chi connectivity index (χ1) is 7.62. The van der Waals surface area contributed by atoms with E-state index in [4.69, 9.17) is 14.7 Å². The summed E-state index contributed by atoms with van der Waals surface area (Å²) in [7, 11) is 0. The van der Waals surface area contributed by atoms with E-state index in [0.717, 1.165) is 17.9 Å². The van der Waals surface area contributed by atoms with Gasteiger partial charge in [0.2, 0.25) is 0 Å². The van der Waals surface area contributed by atoms with Gasteiger partial charge < -0.3 is 9.47 Å². The fourth-order valence-electron chi connectivity index (χ4n) is 1.59. The Hall–Kier alpha value is -1.53. The third kappa shape index (κ3) is 2.53. The Bertz CT molecular complexity index is 399. The maximum absolute atomic E-state index is 8.56. The molecule has 1 heterocycles. The van der Waals surface area contributed by atoms with Crippen molar-refractivity contribution in [3.63, 3.8) is 0 Å². The molecule has 0 bridgehead atoms. The molecule has 2 rings (SSSR count). The van der Waals surface area contributed by atoms with Crippen LogP contribution in [0.1, 0.15) is 19.4 Å². The number of hydrogen-bond donors (Lipinski definition) is 0. The highest BCUT2D eigenvalue weighted by Gasteiger charge is 2.41. The summed E-state index contributed by atoms with van der Waals surface area (Å²) < 4.78 is 11.1. The molecule has 1 unspecified atom stereocenters. The minimum Gasteiger partial charge on any atom is -0.485 e. The third-order valence-electron chi connectivity index (χ3n) is 2.70. The van der Waals surface area contributed by atoms with E-state index >= 15 is 0 Å². The van der Waals surface area contributed by atoms with Gasteiger partial charge in [0.25, 0.3) is 0 Å². The fourth-order valence-corrected chi connectivity index (χ4v) is 1.59.